The number of hydrogen-bond donors (Lipinski definition) is 1. The van der Waals surface area contributed by atoms with Gasteiger partial charge >= 0.3 is 0 Å². The van der Waals surface area contributed by atoms with Gasteiger partial charge < -0.3 is 10.1 Å². The molecule has 0 aromatic heterocycles. The van der Waals surface area contributed by atoms with Gasteiger partial charge in [0.05, 0.1) is 7.11 Å². The Hall–Kier alpha value is -0.470. The van der Waals surface area contributed by atoms with Crippen molar-refractivity contribution < 1.29 is 13.2 Å². The molecule has 1 aromatic carbocycles. The van der Waals surface area contributed by atoms with Gasteiger partial charge in [0.25, 0.3) is 0 Å². The molecule has 21 heavy (non-hydrogen) atoms. The van der Waals surface area contributed by atoms with E-state index in [1.165, 1.54) is 17.5 Å². The van der Waals surface area contributed by atoms with Crippen LogP contribution in [0, 0.1) is 0 Å². The Morgan fingerprint density at radius 1 is 1.38 bits per heavy atom. The first-order valence-electron chi connectivity index (χ1n) is 6.59. The summed E-state index contributed by atoms with van der Waals surface area (Å²) >= 11 is 7.85. The molecule has 1 aromatic rings. The number of sulfonamides is 1. The van der Waals surface area contributed by atoms with Crippen LogP contribution in [0.4, 0.5) is 0 Å². The van der Waals surface area contributed by atoms with Crippen LogP contribution in [0.3, 0.4) is 0 Å². The largest absolute Gasteiger partial charge is 0.495 e. The van der Waals surface area contributed by atoms with Crippen molar-refractivity contribution in [3.8, 4) is 5.75 Å². The Morgan fingerprint density at radius 3 is 2.62 bits per heavy atom. The van der Waals surface area contributed by atoms with Crippen LogP contribution in [0.15, 0.2) is 17.0 Å². The predicted molar refractivity (Wildman–Crippen MR) is 86.9 cm³/mol. The zero-order valence-corrected chi connectivity index (χ0v) is 14.4. The molecule has 0 bridgehead atoms. The Balaban J connectivity index is 2.50. The molecule has 8 heteroatoms. The minimum absolute atomic E-state index is 0.148. The van der Waals surface area contributed by atoms with Crippen molar-refractivity contribution in [2.75, 3.05) is 38.8 Å². The number of nitrogens with zero attached hydrogens (tertiary/aromatic N) is 1. The molecule has 0 aliphatic carbocycles. The lowest BCUT2D eigenvalue weighted by molar-refractivity contribution is 0.389. The van der Waals surface area contributed by atoms with Gasteiger partial charge in [0, 0.05) is 41.7 Å². The predicted octanol–water partition coefficient (Wildman–Crippen LogP) is 1.81. The fraction of sp³-hybridized carbons (Fsp3) is 0.538. The fourth-order valence-corrected chi connectivity index (χ4v) is 5.40. The van der Waals surface area contributed by atoms with E-state index < -0.39 is 10.0 Å². The quantitative estimate of drug-likeness (QED) is 0.877. The smallest absolute Gasteiger partial charge is 0.246 e. The highest BCUT2D eigenvalue weighted by Gasteiger charge is 2.30. The number of hydrogen-bond acceptors (Lipinski definition) is 5. The normalized spacial score (nSPS) is 16.9. The molecule has 118 valence electrons. The van der Waals surface area contributed by atoms with Gasteiger partial charge in [-0.3, -0.25) is 0 Å². The maximum Gasteiger partial charge on any atom is 0.246 e. The average Bonchev–Trinajstić information content (AvgIpc) is 2.48. The van der Waals surface area contributed by atoms with Crippen LogP contribution in [0.25, 0.3) is 0 Å². The van der Waals surface area contributed by atoms with E-state index in [0.29, 0.717) is 30.4 Å². The molecule has 1 saturated heterocycles. The number of rotatable bonds is 5. The summed E-state index contributed by atoms with van der Waals surface area (Å²) in [5.41, 5.74) is 0.734. The summed E-state index contributed by atoms with van der Waals surface area (Å²) in [5.74, 6) is 1.99. The highest BCUT2D eigenvalue weighted by molar-refractivity contribution is 7.99. The van der Waals surface area contributed by atoms with Crippen LogP contribution < -0.4 is 10.1 Å². The second kappa shape index (κ2) is 7.19. The molecular weight excluding hydrogens is 332 g/mol. The summed E-state index contributed by atoms with van der Waals surface area (Å²) in [6, 6.07) is 3.19. The van der Waals surface area contributed by atoms with E-state index in [9.17, 15) is 8.42 Å². The molecule has 1 heterocycles. The van der Waals surface area contributed by atoms with Crippen LogP contribution >= 0.6 is 23.4 Å². The van der Waals surface area contributed by atoms with Gasteiger partial charge in [-0.05, 0) is 19.2 Å². The Morgan fingerprint density at radius 2 is 2.05 bits per heavy atom. The lowest BCUT2D eigenvalue weighted by Crippen LogP contribution is -2.38. The van der Waals surface area contributed by atoms with Gasteiger partial charge in [-0.1, -0.05) is 11.6 Å². The van der Waals surface area contributed by atoms with Crippen molar-refractivity contribution in [3.05, 3.63) is 22.7 Å². The molecule has 0 unspecified atom stereocenters. The van der Waals surface area contributed by atoms with Gasteiger partial charge in [-0.2, -0.15) is 16.1 Å². The number of methoxy groups -OCH3 is 1. The van der Waals surface area contributed by atoms with Crippen LogP contribution in [0.1, 0.15) is 5.56 Å². The lowest BCUT2D eigenvalue weighted by Gasteiger charge is -2.27. The zero-order valence-electron chi connectivity index (χ0n) is 12.1. The number of ether oxygens (including phenoxy) is 1. The van der Waals surface area contributed by atoms with Crippen molar-refractivity contribution in [2.45, 2.75) is 11.4 Å². The molecule has 1 aliphatic heterocycles. The summed E-state index contributed by atoms with van der Waals surface area (Å²) in [5, 5.41) is 3.39. The third-order valence-corrected chi connectivity index (χ3v) is 6.32. The number of benzene rings is 1. The standard InChI is InChI=1S/C13H19ClN2O3S2/c1-15-9-10-7-11(14)8-12(13(10)19-2)21(17,18)16-3-5-20-6-4-16/h7-8,15H,3-6,9H2,1-2H3. The SMILES string of the molecule is CNCc1cc(Cl)cc(S(=O)(=O)N2CCSCC2)c1OC. The first kappa shape index (κ1) is 16.9. The van der Waals surface area contributed by atoms with Crippen LogP contribution in [0.5, 0.6) is 5.75 Å². The molecule has 0 spiro atoms. The van der Waals surface area contributed by atoms with E-state index in [1.54, 1.807) is 24.9 Å². The second-order valence-electron chi connectivity index (χ2n) is 4.64. The summed E-state index contributed by atoms with van der Waals surface area (Å²) in [7, 11) is -0.318. The van der Waals surface area contributed by atoms with Gasteiger partial charge in [-0.25, -0.2) is 8.42 Å². The molecule has 0 atom stereocenters. The lowest BCUT2D eigenvalue weighted by atomic mass is 10.2. The van der Waals surface area contributed by atoms with Crippen molar-refractivity contribution in [2.24, 2.45) is 0 Å². The summed E-state index contributed by atoms with van der Waals surface area (Å²) in [4.78, 5) is 0.148. The number of thioether (sulfide) groups is 1. The van der Waals surface area contributed by atoms with E-state index in [4.69, 9.17) is 16.3 Å². The summed E-state index contributed by atoms with van der Waals surface area (Å²) in [6.45, 7) is 1.52. The molecule has 1 aliphatic rings. The van der Waals surface area contributed by atoms with Crippen LogP contribution in [-0.2, 0) is 16.6 Å². The molecule has 2 rings (SSSR count). The Bertz CT molecular complexity index is 602. The van der Waals surface area contributed by atoms with Gasteiger partial charge in [0.1, 0.15) is 10.6 Å². The molecule has 5 nitrogen and oxygen atoms in total. The monoisotopic (exact) mass is 350 g/mol. The zero-order chi connectivity index (χ0) is 15.5. The van der Waals surface area contributed by atoms with E-state index in [2.05, 4.69) is 5.32 Å². The van der Waals surface area contributed by atoms with Gasteiger partial charge in [-0.15, -0.1) is 0 Å². The molecule has 0 amide bonds. The van der Waals surface area contributed by atoms with E-state index in [-0.39, 0.29) is 4.90 Å². The molecule has 1 fully saturated rings. The first-order chi connectivity index (χ1) is 10.0. The van der Waals surface area contributed by atoms with Crippen molar-refractivity contribution >= 4 is 33.4 Å². The Labute approximate surface area is 135 Å². The fourth-order valence-electron chi connectivity index (χ4n) is 2.29. The number of halogens is 1. The minimum Gasteiger partial charge on any atom is -0.495 e. The molecule has 0 saturated carbocycles. The second-order valence-corrected chi connectivity index (χ2v) is 8.21. The molecule has 0 radical (unpaired) electrons. The van der Waals surface area contributed by atoms with E-state index >= 15 is 0 Å². The highest BCUT2D eigenvalue weighted by Crippen LogP contribution is 2.34. The van der Waals surface area contributed by atoms with Crippen molar-refractivity contribution in [1.29, 1.82) is 0 Å². The molecular formula is C13H19ClN2O3S2. The van der Waals surface area contributed by atoms with Gasteiger partial charge in [0.2, 0.25) is 10.0 Å². The summed E-state index contributed by atoms with van der Waals surface area (Å²) < 4.78 is 32.5. The van der Waals surface area contributed by atoms with Crippen molar-refractivity contribution in [3.63, 3.8) is 0 Å². The van der Waals surface area contributed by atoms with E-state index in [0.717, 1.165) is 17.1 Å². The van der Waals surface area contributed by atoms with Crippen molar-refractivity contribution in [1.82, 2.24) is 9.62 Å². The minimum atomic E-state index is -3.59. The van der Waals surface area contributed by atoms with Crippen LogP contribution in [-0.4, -0.2) is 51.5 Å². The highest BCUT2D eigenvalue weighted by atomic mass is 35.5. The maximum absolute atomic E-state index is 12.8. The first-order valence-corrected chi connectivity index (χ1v) is 9.57. The average molecular weight is 351 g/mol. The van der Waals surface area contributed by atoms with Crippen LogP contribution in [0.2, 0.25) is 5.02 Å². The molecule has 1 N–H and O–H groups in total. The van der Waals surface area contributed by atoms with E-state index in [1.807, 2.05) is 0 Å². The third-order valence-electron chi connectivity index (χ3n) is 3.26. The van der Waals surface area contributed by atoms with Gasteiger partial charge in [0.15, 0.2) is 0 Å². The number of nitrogens with one attached hydrogen (secondary N) is 1. The topological polar surface area (TPSA) is 58.6 Å². The maximum atomic E-state index is 12.8. The Kier molecular flexibility index (Phi) is 5.79. The summed E-state index contributed by atoms with van der Waals surface area (Å²) in [6.07, 6.45) is 0. The third kappa shape index (κ3) is 3.65.